The summed E-state index contributed by atoms with van der Waals surface area (Å²) in [5, 5.41) is 13.5. The van der Waals surface area contributed by atoms with E-state index in [4.69, 9.17) is 0 Å². The van der Waals surface area contributed by atoms with Gasteiger partial charge in [0.05, 0.1) is 23.5 Å². The third-order valence-corrected chi connectivity index (χ3v) is 8.15. The lowest BCUT2D eigenvalue weighted by Crippen LogP contribution is -2.36. The summed E-state index contributed by atoms with van der Waals surface area (Å²) in [6, 6.07) is 14.6. The Hall–Kier alpha value is -2.82. The number of hydrogen-bond donors (Lipinski definition) is 2. The first-order valence-corrected chi connectivity index (χ1v) is 13.7. The molecule has 0 bridgehead atoms. The van der Waals surface area contributed by atoms with Gasteiger partial charge in [0.1, 0.15) is 0 Å². The summed E-state index contributed by atoms with van der Waals surface area (Å²) in [6.45, 7) is 8.19. The van der Waals surface area contributed by atoms with E-state index in [0.717, 1.165) is 41.0 Å². The van der Waals surface area contributed by atoms with Crippen LogP contribution in [-0.4, -0.2) is 23.0 Å². The number of benzene rings is 2. The molecule has 0 aliphatic heterocycles. The van der Waals surface area contributed by atoms with Crippen LogP contribution in [0.5, 0.6) is 0 Å². The van der Waals surface area contributed by atoms with Gasteiger partial charge in [-0.2, -0.15) is 0 Å². The number of rotatable bonds is 10. The largest absolute Gasteiger partial charge is 0.481 e. The van der Waals surface area contributed by atoms with Crippen LogP contribution in [-0.2, 0) is 9.59 Å². The van der Waals surface area contributed by atoms with E-state index >= 15 is 0 Å². The number of amides is 1. The lowest BCUT2D eigenvalue weighted by molar-refractivity contribution is -0.137. The van der Waals surface area contributed by atoms with E-state index in [-0.39, 0.29) is 18.2 Å². The molecular weight excluding hydrogens is 448 g/mol. The van der Waals surface area contributed by atoms with E-state index in [2.05, 4.69) is 37.4 Å². The number of hydrogen-bond acceptors (Lipinski definition) is 3. The van der Waals surface area contributed by atoms with Crippen LogP contribution in [0, 0.1) is 24.7 Å². The van der Waals surface area contributed by atoms with Gasteiger partial charge in [-0.25, -0.2) is 0 Å². The highest BCUT2D eigenvalue weighted by atomic mass is 16.4. The molecule has 0 saturated heterocycles. The molecule has 0 aromatic heterocycles. The van der Waals surface area contributed by atoms with Crippen molar-refractivity contribution in [3.63, 3.8) is 0 Å². The molecule has 2 unspecified atom stereocenters. The number of nitrogens with zero attached hydrogens (tertiary/aromatic N) is 1. The molecule has 2 saturated carbocycles. The van der Waals surface area contributed by atoms with Crippen LogP contribution < -0.4 is 10.2 Å². The Morgan fingerprint density at radius 1 is 0.972 bits per heavy atom. The number of nitrogens with one attached hydrogen (secondary N) is 1. The fourth-order valence-electron chi connectivity index (χ4n) is 6.11. The standard InChI is InChI=1S/C31H42N2O3/c1-20(2)31(24-11-6-5-7-12-24)32-27-17-16-25(26(19-30(35)36)23-14-15-23)18-29(27)33(22(4)34)28-13-9-8-10-21(28)3/h8-10,13,16-18,20,23-24,26,31-32H,5-7,11-12,14-15,19H2,1-4H3,(H,35,36). The SMILES string of the molecule is CC(=O)N(c1ccccc1C)c1cc(C(CC(=O)O)C2CC2)ccc1NC(C(C)C)C1CCCCC1. The summed E-state index contributed by atoms with van der Waals surface area (Å²) in [5.74, 6) is 0.625. The summed E-state index contributed by atoms with van der Waals surface area (Å²) < 4.78 is 0. The molecular formula is C31H42N2O3. The van der Waals surface area contributed by atoms with Crippen molar-refractivity contribution < 1.29 is 14.7 Å². The van der Waals surface area contributed by atoms with Crippen molar-refractivity contribution in [3.8, 4) is 0 Å². The Kier molecular flexibility index (Phi) is 8.38. The van der Waals surface area contributed by atoms with Crippen LogP contribution in [0.25, 0.3) is 0 Å². The smallest absolute Gasteiger partial charge is 0.303 e. The maximum absolute atomic E-state index is 13.2. The minimum Gasteiger partial charge on any atom is -0.481 e. The summed E-state index contributed by atoms with van der Waals surface area (Å²) in [6.07, 6.45) is 8.61. The number of aryl methyl sites for hydroxylation is 1. The van der Waals surface area contributed by atoms with Gasteiger partial charge in [-0.05, 0) is 85.6 Å². The molecule has 36 heavy (non-hydrogen) atoms. The van der Waals surface area contributed by atoms with E-state index in [0.29, 0.717) is 23.8 Å². The number of carboxylic acid groups (broad SMARTS) is 1. The highest BCUT2D eigenvalue weighted by Crippen LogP contribution is 2.47. The topological polar surface area (TPSA) is 69.6 Å². The molecule has 2 atom stereocenters. The lowest BCUT2D eigenvalue weighted by atomic mass is 9.79. The lowest BCUT2D eigenvalue weighted by Gasteiger charge is -2.36. The fraction of sp³-hybridized carbons (Fsp3) is 0.548. The minimum atomic E-state index is -0.768. The molecule has 1 amide bonds. The van der Waals surface area contributed by atoms with Gasteiger partial charge in [0.15, 0.2) is 0 Å². The zero-order valence-corrected chi connectivity index (χ0v) is 22.3. The minimum absolute atomic E-state index is 0.0276. The Morgan fingerprint density at radius 2 is 1.67 bits per heavy atom. The molecule has 4 rings (SSSR count). The third-order valence-electron chi connectivity index (χ3n) is 8.15. The van der Waals surface area contributed by atoms with Gasteiger partial charge in [0.2, 0.25) is 5.91 Å². The molecule has 0 heterocycles. The summed E-state index contributed by atoms with van der Waals surface area (Å²) in [7, 11) is 0. The number of para-hydroxylation sites is 1. The maximum Gasteiger partial charge on any atom is 0.303 e. The Labute approximate surface area is 216 Å². The molecule has 194 valence electrons. The summed E-state index contributed by atoms with van der Waals surface area (Å²) in [5.41, 5.74) is 4.68. The fourth-order valence-corrected chi connectivity index (χ4v) is 6.11. The molecule has 0 spiro atoms. The molecule has 2 aliphatic carbocycles. The van der Waals surface area contributed by atoms with Gasteiger partial charge < -0.3 is 10.4 Å². The van der Waals surface area contributed by atoms with Crippen LogP contribution >= 0.6 is 0 Å². The van der Waals surface area contributed by atoms with Crippen molar-refractivity contribution in [2.24, 2.45) is 17.8 Å². The highest BCUT2D eigenvalue weighted by molar-refractivity contribution is 6.03. The highest BCUT2D eigenvalue weighted by Gasteiger charge is 2.35. The molecule has 5 nitrogen and oxygen atoms in total. The Morgan fingerprint density at radius 3 is 2.25 bits per heavy atom. The summed E-state index contributed by atoms with van der Waals surface area (Å²) in [4.78, 5) is 26.7. The van der Waals surface area contributed by atoms with Crippen LogP contribution in [0.15, 0.2) is 42.5 Å². The van der Waals surface area contributed by atoms with Gasteiger partial charge in [-0.3, -0.25) is 14.5 Å². The van der Waals surface area contributed by atoms with Gasteiger partial charge in [0.25, 0.3) is 0 Å². The number of carbonyl (C=O) groups is 2. The van der Waals surface area contributed by atoms with Crippen LogP contribution in [0.3, 0.4) is 0 Å². The van der Waals surface area contributed by atoms with Crippen molar-refractivity contribution in [1.29, 1.82) is 0 Å². The van der Waals surface area contributed by atoms with Crippen molar-refractivity contribution in [3.05, 3.63) is 53.6 Å². The molecule has 2 aromatic rings. The van der Waals surface area contributed by atoms with E-state index in [1.54, 1.807) is 6.92 Å². The van der Waals surface area contributed by atoms with Crippen molar-refractivity contribution in [2.75, 3.05) is 10.2 Å². The van der Waals surface area contributed by atoms with E-state index in [9.17, 15) is 14.7 Å². The predicted molar refractivity (Wildman–Crippen MR) is 147 cm³/mol. The number of aliphatic carboxylic acids is 1. The average Bonchev–Trinajstić information content (AvgIpc) is 3.68. The molecule has 5 heteroatoms. The van der Waals surface area contributed by atoms with Gasteiger partial charge in [-0.15, -0.1) is 0 Å². The second kappa shape index (κ2) is 11.5. The number of anilines is 3. The van der Waals surface area contributed by atoms with E-state index < -0.39 is 5.97 Å². The van der Waals surface area contributed by atoms with Crippen LogP contribution in [0.1, 0.15) is 89.2 Å². The zero-order chi connectivity index (χ0) is 25.8. The number of carboxylic acids is 1. The predicted octanol–water partition coefficient (Wildman–Crippen LogP) is 7.66. The number of carbonyl (C=O) groups excluding carboxylic acids is 1. The molecule has 2 aromatic carbocycles. The first-order valence-electron chi connectivity index (χ1n) is 13.7. The average molecular weight is 491 g/mol. The Balaban J connectivity index is 1.80. The van der Waals surface area contributed by atoms with Crippen molar-refractivity contribution >= 4 is 28.9 Å². The Bertz CT molecular complexity index is 1070. The third kappa shape index (κ3) is 6.11. The van der Waals surface area contributed by atoms with Crippen LogP contribution in [0.2, 0.25) is 0 Å². The van der Waals surface area contributed by atoms with E-state index in [1.165, 1.54) is 32.1 Å². The normalized spacial score (nSPS) is 18.0. The maximum atomic E-state index is 13.2. The molecule has 2 fully saturated rings. The molecule has 2 aliphatic rings. The van der Waals surface area contributed by atoms with Gasteiger partial charge in [0, 0.05) is 13.0 Å². The second-order valence-electron chi connectivity index (χ2n) is 11.3. The molecule has 2 N–H and O–H groups in total. The van der Waals surface area contributed by atoms with Crippen molar-refractivity contribution in [1.82, 2.24) is 0 Å². The zero-order valence-electron chi connectivity index (χ0n) is 22.3. The van der Waals surface area contributed by atoms with Gasteiger partial charge >= 0.3 is 5.97 Å². The summed E-state index contributed by atoms with van der Waals surface area (Å²) >= 11 is 0. The second-order valence-corrected chi connectivity index (χ2v) is 11.3. The van der Waals surface area contributed by atoms with Crippen molar-refractivity contribution in [2.45, 2.75) is 91.0 Å². The van der Waals surface area contributed by atoms with Gasteiger partial charge in [-0.1, -0.05) is 57.4 Å². The van der Waals surface area contributed by atoms with Crippen LogP contribution in [0.4, 0.5) is 17.1 Å². The first kappa shape index (κ1) is 26.2. The quantitative estimate of drug-likeness (QED) is 0.359. The molecule has 0 radical (unpaired) electrons. The first-order chi connectivity index (χ1) is 17.3. The van der Waals surface area contributed by atoms with E-state index in [1.807, 2.05) is 36.1 Å². The monoisotopic (exact) mass is 490 g/mol.